The number of aromatic amines is 1. The van der Waals surface area contributed by atoms with Crippen LogP contribution in [0.5, 0.6) is 0 Å². The Morgan fingerprint density at radius 3 is 2.51 bits per heavy atom. The van der Waals surface area contributed by atoms with Gasteiger partial charge in [0.05, 0.1) is 12.2 Å². The van der Waals surface area contributed by atoms with Crippen molar-refractivity contribution in [2.45, 2.75) is 50.5 Å². The normalized spacial score (nSPS) is 12.1. The first kappa shape index (κ1) is 27.1. The molecule has 3 N–H and O–H groups in total. The number of aromatic nitrogens is 4. The Kier molecular flexibility index (Phi) is 10.1. The number of anilines is 1. The molecule has 2 amide bonds. The number of alkyl halides is 2. The highest BCUT2D eigenvalue weighted by molar-refractivity contribution is 7.98. The zero-order valence-electron chi connectivity index (χ0n) is 20.0. The van der Waals surface area contributed by atoms with Crippen molar-refractivity contribution in [1.29, 1.82) is 0 Å². The third-order valence-electron chi connectivity index (χ3n) is 5.56. The van der Waals surface area contributed by atoms with Crippen molar-refractivity contribution in [3.8, 4) is 11.1 Å². The molecule has 2 aromatic heterocycles. The second-order valence-corrected chi connectivity index (χ2v) is 10.4. The summed E-state index contributed by atoms with van der Waals surface area (Å²) in [5.74, 6) is 0.169. The van der Waals surface area contributed by atoms with E-state index in [4.69, 9.17) is 23.2 Å². The van der Waals surface area contributed by atoms with Crippen LogP contribution in [0.3, 0.4) is 0 Å². The summed E-state index contributed by atoms with van der Waals surface area (Å²) in [7, 11) is 0. The maximum Gasteiger partial charge on any atom is 0.270 e. The highest BCUT2D eigenvalue weighted by Crippen LogP contribution is 2.26. The smallest absolute Gasteiger partial charge is 0.270 e. The summed E-state index contributed by atoms with van der Waals surface area (Å²) in [5, 5.41) is 17.2. The zero-order chi connectivity index (χ0) is 25.4. The van der Waals surface area contributed by atoms with Crippen molar-refractivity contribution in [1.82, 2.24) is 25.3 Å². The van der Waals surface area contributed by atoms with E-state index in [1.54, 1.807) is 28.7 Å². The molecule has 0 unspecified atom stereocenters. The molecule has 0 fully saturated rings. The molecule has 0 bridgehead atoms. The molecule has 2 heterocycles. The van der Waals surface area contributed by atoms with E-state index < -0.39 is 10.9 Å². The van der Waals surface area contributed by atoms with E-state index in [0.29, 0.717) is 37.2 Å². The van der Waals surface area contributed by atoms with Gasteiger partial charge in [0.2, 0.25) is 5.91 Å². The van der Waals surface area contributed by atoms with Crippen LogP contribution in [0.15, 0.2) is 36.5 Å². The van der Waals surface area contributed by atoms with Gasteiger partial charge in [0.15, 0.2) is 0 Å². The lowest BCUT2D eigenvalue weighted by Crippen LogP contribution is -2.44. The van der Waals surface area contributed by atoms with Crippen LogP contribution in [0.25, 0.3) is 11.1 Å². The van der Waals surface area contributed by atoms with Crippen LogP contribution in [0.2, 0.25) is 0 Å². The predicted molar refractivity (Wildman–Crippen MR) is 143 cm³/mol. The summed E-state index contributed by atoms with van der Waals surface area (Å²) in [6.45, 7) is 4.52. The number of H-pyrrole nitrogens is 1. The van der Waals surface area contributed by atoms with Gasteiger partial charge in [-0.05, 0) is 63.1 Å². The van der Waals surface area contributed by atoms with Crippen molar-refractivity contribution in [3.05, 3.63) is 53.6 Å². The molecule has 1 aromatic carbocycles. The molecule has 1 atom stereocenters. The first-order valence-electron chi connectivity index (χ1n) is 11.3. The minimum Gasteiger partial charge on any atom is -0.339 e. The number of benzene rings is 1. The maximum absolute atomic E-state index is 13.1. The van der Waals surface area contributed by atoms with Gasteiger partial charge < -0.3 is 10.6 Å². The van der Waals surface area contributed by atoms with Crippen LogP contribution < -0.4 is 10.6 Å². The summed E-state index contributed by atoms with van der Waals surface area (Å²) >= 11 is 13.4. The molecule has 0 aliphatic rings. The Morgan fingerprint density at radius 1 is 1.14 bits per heavy atom. The van der Waals surface area contributed by atoms with Gasteiger partial charge in [-0.3, -0.25) is 19.4 Å². The van der Waals surface area contributed by atoms with Crippen molar-refractivity contribution < 1.29 is 9.59 Å². The van der Waals surface area contributed by atoms with Crippen LogP contribution in [-0.4, -0.2) is 54.7 Å². The lowest BCUT2D eigenvalue weighted by atomic mass is 10.0. The Balaban J connectivity index is 1.71. The van der Waals surface area contributed by atoms with Gasteiger partial charge in [-0.25, -0.2) is 0 Å². The molecule has 0 spiro atoms. The monoisotopic (exact) mass is 536 g/mol. The minimum absolute atomic E-state index is 0.308. The fourth-order valence-corrected chi connectivity index (χ4v) is 4.45. The number of nitrogens with zero attached hydrogens (tertiary/aromatic N) is 3. The van der Waals surface area contributed by atoms with E-state index in [2.05, 4.69) is 25.9 Å². The second-order valence-electron chi connectivity index (χ2n) is 8.16. The van der Waals surface area contributed by atoms with Crippen LogP contribution in [0, 0.1) is 13.8 Å². The molecule has 3 rings (SSSR count). The molecule has 0 aliphatic carbocycles. The number of amides is 2. The van der Waals surface area contributed by atoms with Crippen LogP contribution in [-0.2, 0) is 11.3 Å². The average molecular weight is 538 g/mol. The van der Waals surface area contributed by atoms with Crippen molar-refractivity contribution in [3.63, 3.8) is 0 Å². The Hall–Kier alpha value is -2.49. The minimum atomic E-state index is -0.753. The summed E-state index contributed by atoms with van der Waals surface area (Å²) < 4.78 is 1.65. The average Bonchev–Trinajstić information content (AvgIpc) is 3.43. The fourth-order valence-electron chi connectivity index (χ4n) is 3.78. The van der Waals surface area contributed by atoms with Crippen LogP contribution >= 0.6 is 35.0 Å². The number of hydrogen-bond donors (Lipinski definition) is 3. The molecule has 0 aliphatic heterocycles. The van der Waals surface area contributed by atoms with E-state index in [-0.39, 0.29) is 11.8 Å². The van der Waals surface area contributed by atoms with E-state index in [0.717, 1.165) is 28.3 Å². The second kappa shape index (κ2) is 13.0. The quantitative estimate of drug-likeness (QED) is 0.283. The van der Waals surface area contributed by atoms with Crippen LogP contribution in [0.4, 0.5) is 5.69 Å². The number of carbonyl (C=O) groups is 2. The third kappa shape index (κ3) is 7.49. The molecule has 188 valence electrons. The van der Waals surface area contributed by atoms with E-state index in [9.17, 15) is 9.59 Å². The Labute approximate surface area is 219 Å². The summed E-state index contributed by atoms with van der Waals surface area (Å²) in [4.78, 5) is 25.6. The lowest BCUT2D eigenvalue weighted by molar-refractivity contribution is -0.118. The van der Waals surface area contributed by atoms with Crippen LogP contribution in [0.1, 0.15) is 41.1 Å². The molecule has 35 heavy (non-hydrogen) atoms. The largest absolute Gasteiger partial charge is 0.339 e. The summed E-state index contributed by atoms with van der Waals surface area (Å²) in [6, 6.07) is 8.44. The number of carbonyl (C=O) groups excluding carboxylic acids is 2. The molecule has 11 heteroatoms. The topological polar surface area (TPSA) is 105 Å². The number of thioether (sulfide) groups is 1. The van der Waals surface area contributed by atoms with Gasteiger partial charge in [-0.2, -0.15) is 22.0 Å². The van der Waals surface area contributed by atoms with Crippen molar-refractivity contribution in [2.24, 2.45) is 0 Å². The predicted octanol–water partition coefficient (Wildman–Crippen LogP) is 4.96. The fraction of sp³-hybridized carbons (Fsp3) is 0.417. The Morgan fingerprint density at radius 2 is 1.89 bits per heavy atom. The highest BCUT2D eigenvalue weighted by Gasteiger charge is 2.23. The molecule has 8 nitrogen and oxygen atoms in total. The van der Waals surface area contributed by atoms with Gasteiger partial charge in [-0.15, -0.1) is 23.2 Å². The standard InChI is InChI=1S/C24H30Cl2N6O2S/c1-15-22(16(2)31-30-15)17-7-9-18(10-8-17)28-23(33)19(5-4-6-21(25)26)29-24(34)20-11-12-27-32(20)13-14-35-3/h7-12,19,21H,4-6,13-14H2,1-3H3,(H,28,33)(H,29,34)(H,30,31)/t19-/m0/s1. The van der Waals surface area contributed by atoms with Gasteiger partial charge in [-0.1, -0.05) is 12.1 Å². The van der Waals surface area contributed by atoms with E-state index >= 15 is 0 Å². The lowest BCUT2D eigenvalue weighted by Gasteiger charge is -2.19. The molecular formula is C24H30Cl2N6O2S. The third-order valence-corrected chi connectivity index (χ3v) is 6.59. The first-order valence-corrected chi connectivity index (χ1v) is 13.6. The number of rotatable bonds is 12. The molecule has 0 saturated carbocycles. The van der Waals surface area contributed by atoms with Gasteiger partial charge in [0, 0.05) is 28.9 Å². The summed E-state index contributed by atoms with van der Waals surface area (Å²) in [6.07, 6.45) is 5.08. The number of halogens is 2. The van der Waals surface area contributed by atoms with E-state index in [1.165, 1.54) is 0 Å². The van der Waals surface area contributed by atoms with Crippen molar-refractivity contribution >= 4 is 52.5 Å². The van der Waals surface area contributed by atoms with Crippen molar-refractivity contribution in [2.75, 3.05) is 17.3 Å². The molecule has 0 saturated heterocycles. The van der Waals surface area contributed by atoms with E-state index in [1.807, 2.05) is 44.4 Å². The molecular weight excluding hydrogens is 507 g/mol. The van der Waals surface area contributed by atoms with Gasteiger partial charge in [0.25, 0.3) is 5.91 Å². The first-order chi connectivity index (χ1) is 16.8. The number of hydrogen-bond acceptors (Lipinski definition) is 5. The summed E-state index contributed by atoms with van der Waals surface area (Å²) in [5.41, 5.74) is 4.99. The maximum atomic E-state index is 13.1. The zero-order valence-corrected chi connectivity index (χ0v) is 22.3. The molecule has 0 radical (unpaired) electrons. The highest BCUT2D eigenvalue weighted by atomic mass is 35.5. The number of aryl methyl sites for hydroxylation is 3. The van der Waals surface area contributed by atoms with Gasteiger partial charge >= 0.3 is 0 Å². The SMILES string of the molecule is CSCCn1nccc1C(=O)N[C@@H](CCCC(Cl)Cl)C(=O)Nc1ccc(-c2c(C)n[nH]c2C)cc1. The Bertz CT molecular complexity index is 1110. The van der Waals surface area contributed by atoms with Gasteiger partial charge in [0.1, 0.15) is 16.6 Å². The number of nitrogens with one attached hydrogen (secondary N) is 3. The molecule has 3 aromatic rings.